The third-order valence-electron chi connectivity index (χ3n) is 3.87. The van der Waals surface area contributed by atoms with E-state index in [9.17, 15) is 13.2 Å². The lowest BCUT2D eigenvalue weighted by molar-refractivity contribution is -0.137. The molecule has 1 heterocycles. The molecule has 0 amide bonds. The Morgan fingerprint density at radius 2 is 1.95 bits per heavy atom. The van der Waals surface area contributed by atoms with E-state index in [1.165, 1.54) is 6.07 Å². The first-order valence-electron chi connectivity index (χ1n) is 6.71. The summed E-state index contributed by atoms with van der Waals surface area (Å²) in [6.07, 6.45) is -2.31. The van der Waals surface area contributed by atoms with E-state index in [-0.39, 0.29) is 11.6 Å². The van der Waals surface area contributed by atoms with Crippen LogP contribution in [0.5, 0.6) is 0 Å². The van der Waals surface area contributed by atoms with Crippen LogP contribution in [0.1, 0.15) is 37.8 Å². The van der Waals surface area contributed by atoms with Crippen molar-refractivity contribution in [1.82, 2.24) is 0 Å². The lowest BCUT2D eigenvalue weighted by Crippen LogP contribution is -2.41. The number of piperidine rings is 1. The van der Waals surface area contributed by atoms with Gasteiger partial charge in [0.1, 0.15) is 6.07 Å². The van der Waals surface area contributed by atoms with Crippen molar-refractivity contribution in [2.75, 3.05) is 11.4 Å². The van der Waals surface area contributed by atoms with Gasteiger partial charge in [0.05, 0.1) is 16.8 Å². The van der Waals surface area contributed by atoms with Crippen LogP contribution in [0.3, 0.4) is 0 Å². The Hall–Kier alpha value is -1.70. The van der Waals surface area contributed by atoms with Crippen LogP contribution in [-0.2, 0) is 6.18 Å². The summed E-state index contributed by atoms with van der Waals surface area (Å²) in [6, 6.07) is 5.57. The largest absolute Gasteiger partial charge is 0.416 e. The van der Waals surface area contributed by atoms with E-state index in [0.717, 1.165) is 31.5 Å². The molecule has 1 aliphatic rings. The van der Waals surface area contributed by atoms with Crippen molar-refractivity contribution in [3.8, 4) is 6.07 Å². The highest BCUT2D eigenvalue weighted by atomic mass is 19.4. The van der Waals surface area contributed by atoms with E-state index in [1.54, 1.807) is 0 Å². The standard InChI is InChI=1S/C15H17F3N2/c1-10-3-4-11(2)20(9-10)14-6-5-13(15(16,17)18)7-12(14)8-19/h5-7,10-11H,3-4,9H2,1-2H3. The first kappa shape index (κ1) is 14.7. The van der Waals surface area contributed by atoms with Crippen LogP contribution in [0.2, 0.25) is 0 Å². The number of hydrogen-bond acceptors (Lipinski definition) is 2. The summed E-state index contributed by atoms with van der Waals surface area (Å²) in [4.78, 5) is 2.05. The smallest absolute Gasteiger partial charge is 0.367 e. The third kappa shape index (κ3) is 2.90. The van der Waals surface area contributed by atoms with E-state index in [0.29, 0.717) is 11.6 Å². The average molecular weight is 282 g/mol. The average Bonchev–Trinajstić information content (AvgIpc) is 2.40. The van der Waals surface area contributed by atoms with Gasteiger partial charge < -0.3 is 4.90 Å². The van der Waals surface area contributed by atoms with Gasteiger partial charge in [0.15, 0.2) is 0 Å². The second-order valence-corrected chi connectivity index (χ2v) is 5.53. The molecule has 1 saturated heterocycles. The van der Waals surface area contributed by atoms with Crippen molar-refractivity contribution in [3.63, 3.8) is 0 Å². The highest BCUT2D eigenvalue weighted by molar-refractivity contribution is 5.61. The van der Waals surface area contributed by atoms with Crippen LogP contribution in [0.4, 0.5) is 18.9 Å². The van der Waals surface area contributed by atoms with Gasteiger partial charge in [0, 0.05) is 12.6 Å². The van der Waals surface area contributed by atoms with Gasteiger partial charge in [0.25, 0.3) is 0 Å². The molecule has 1 fully saturated rings. The summed E-state index contributed by atoms with van der Waals surface area (Å²) in [5.41, 5.74) is -0.0594. The number of anilines is 1. The fraction of sp³-hybridized carbons (Fsp3) is 0.533. The summed E-state index contributed by atoms with van der Waals surface area (Å²) in [7, 11) is 0. The van der Waals surface area contributed by atoms with Crippen molar-refractivity contribution in [3.05, 3.63) is 29.3 Å². The van der Waals surface area contributed by atoms with E-state index in [1.807, 2.05) is 17.9 Å². The maximum atomic E-state index is 12.7. The molecule has 2 unspecified atom stereocenters. The highest BCUT2D eigenvalue weighted by Gasteiger charge is 2.32. The number of nitriles is 1. The van der Waals surface area contributed by atoms with E-state index >= 15 is 0 Å². The Morgan fingerprint density at radius 1 is 1.25 bits per heavy atom. The van der Waals surface area contributed by atoms with Crippen molar-refractivity contribution in [2.24, 2.45) is 5.92 Å². The molecule has 0 N–H and O–H groups in total. The molecule has 0 saturated carbocycles. The van der Waals surface area contributed by atoms with Crippen LogP contribution >= 0.6 is 0 Å². The van der Waals surface area contributed by atoms with E-state index in [2.05, 4.69) is 6.92 Å². The zero-order chi connectivity index (χ0) is 14.9. The molecule has 0 bridgehead atoms. The molecule has 1 aromatic rings. The zero-order valence-electron chi connectivity index (χ0n) is 11.5. The topological polar surface area (TPSA) is 27.0 Å². The molecule has 2 atom stereocenters. The predicted octanol–water partition coefficient (Wildman–Crippen LogP) is 4.20. The van der Waals surface area contributed by atoms with Gasteiger partial charge in [-0.3, -0.25) is 0 Å². The highest BCUT2D eigenvalue weighted by Crippen LogP contribution is 2.35. The summed E-state index contributed by atoms with van der Waals surface area (Å²) in [5, 5.41) is 9.15. The fourth-order valence-electron chi connectivity index (χ4n) is 2.68. The number of rotatable bonds is 1. The second kappa shape index (κ2) is 5.35. The molecule has 1 aromatic carbocycles. The van der Waals surface area contributed by atoms with Gasteiger partial charge in [-0.1, -0.05) is 6.92 Å². The summed E-state index contributed by atoms with van der Waals surface area (Å²) in [5.74, 6) is 0.486. The van der Waals surface area contributed by atoms with E-state index in [4.69, 9.17) is 5.26 Å². The fourth-order valence-corrected chi connectivity index (χ4v) is 2.68. The normalized spacial score (nSPS) is 23.5. The minimum absolute atomic E-state index is 0.0979. The summed E-state index contributed by atoms with van der Waals surface area (Å²) >= 11 is 0. The summed E-state index contributed by atoms with van der Waals surface area (Å²) in [6.45, 7) is 4.95. The minimum atomic E-state index is -4.41. The number of alkyl halides is 3. The van der Waals surface area contributed by atoms with Crippen molar-refractivity contribution in [1.29, 1.82) is 5.26 Å². The molecule has 1 aliphatic heterocycles. The lowest BCUT2D eigenvalue weighted by atomic mass is 9.93. The molecule has 0 aliphatic carbocycles. The van der Waals surface area contributed by atoms with Gasteiger partial charge in [-0.15, -0.1) is 0 Å². The van der Waals surface area contributed by atoms with Crippen LogP contribution in [0, 0.1) is 17.2 Å². The molecule has 5 heteroatoms. The molecule has 108 valence electrons. The Balaban J connectivity index is 2.39. The molecule has 20 heavy (non-hydrogen) atoms. The van der Waals surface area contributed by atoms with Crippen LogP contribution in [0.15, 0.2) is 18.2 Å². The molecular formula is C15H17F3N2. The van der Waals surface area contributed by atoms with Gasteiger partial charge in [-0.25, -0.2) is 0 Å². The maximum Gasteiger partial charge on any atom is 0.416 e. The van der Waals surface area contributed by atoms with Crippen LogP contribution in [-0.4, -0.2) is 12.6 Å². The van der Waals surface area contributed by atoms with E-state index < -0.39 is 11.7 Å². The quantitative estimate of drug-likeness (QED) is 0.771. The number of nitrogens with zero attached hydrogens (tertiary/aromatic N) is 2. The SMILES string of the molecule is CC1CCC(C)N(c2ccc(C(F)(F)F)cc2C#N)C1. The molecule has 0 spiro atoms. The first-order valence-corrected chi connectivity index (χ1v) is 6.71. The van der Waals surface area contributed by atoms with Gasteiger partial charge in [0.2, 0.25) is 0 Å². The van der Waals surface area contributed by atoms with Crippen molar-refractivity contribution in [2.45, 2.75) is 38.9 Å². The molecule has 2 rings (SSSR count). The van der Waals surface area contributed by atoms with Crippen molar-refractivity contribution >= 4 is 5.69 Å². The predicted molar refractivity (Wildman–Crippen MR) is 71.4 cm³/mol. The van der Waals surface area contributed by atoms with Gasteiger partial charge in [-0.05, 0) is 43.9 Å². The van der Waals surface area contributed by atoms with Crippen LogP contribution < -0.4 is 4.90 Å². The number of benzene rings is 1. The maximum absolute atomic E-state index is 12.7. The molecular weight excluding hydrogens is 265 g/mol. The molecule has 2 nitrogen and oxygen atoms in total. The zero-order valence-corrected chi connectivity index (χ0v) is 11.5. The Bertz CT molecular complexity index is 531. The second-order valence-electron chi connectivity index (χ2n) is 5.53. The Kier molecular flexibility index (Phi) is 3.94. The van der Waals surface area contributed by atoms with Gasteiger partial charge >= 0.3 is 6.18 Å². The monoisotopic (exact) mass is 282 g/mol. The lowest BCUT2D eigenvalue weighted by Gasteiger charge is -2.39. The Labute approximate surface area is 116 Å². The minimum Gasteiger partial charge on any atom is -0.367 e. The Morgan fingerprint density at radius 3 is 2.55 bits per heavy atom. The number of halogens is 3. The van der Waals surface area contributed by atoms with Crippen LogP contribution in [0.25, 0.3) is 0 Å². The molecule has 0 aromatic heterocycles. The first-order chi connectivity index (χ1) is 9.32. The third-order valence-corrected chi connectivity index (χ3v) is 3.87. The summed E-state index contributed by atoms with van der Waals surface area (Å²) < 4.78 is 38.1. The van der Waals surface area contributed by atoms with Gasteiger partial charge in [-0.2, -0.15) is 18.4 Å². The molecule has 0 radical (unpaired) electrons. The van der Waals surface area contributed by atoms with Crippen molar-refractivity contribution < 1.29 is 13.2 Å². The number of hydrogen-bond donors (Lipinski definition) is 0.